The van der Waals surface area contributed by atoms with Crippen LogP contribution in [0.25, 0.3) is 0 Å². The first-order valence-corrected chi connectivity index (χ1v) is 16.3. The van der Waals surface area contributed by atoms with E-state index in [0.29, 0.717) is 29.2 Å². The number of fused-ring (bicyclic) bond motifs is 5. The molecule has 5 rings (SSSR count). The van der Waals surface area contributed by atoms with Crippen molar-refractivity contribution in [2.75, 3.05) is 0 Å². The van der Waals surface area contributed by atoms with Crippen LogP contribution in [0, 0.1) is 51.2 Å². The van der Waals surface area contributed by atoms with E-state index in [0.717, 1.165) is 19.3 Å². The lowest BCUT2D eigenvalue weighted by molar-refractivity contribution is -0.143. The van der Waals surface area contributed by atoms with E-state index in [2.05, 4.69) is 59.0 Å². The zero-order valence-corrected chi connectivity index (χ0v) is 27.0. The molecule has 1 saturated heterocycles. The molecule has 0 radical (unpaired) electrons. The molecule has 4 aliphatic carbocycles. The van der Waals surface area contributed by atoms with Gasteiger partial charge in [0.15, 0.2) is 0 Å². The molecule has 11 atom stereocenters. The van der Waals surface area contributed by atoms with Crippen molar-refractivity contribution in [3.63, 3.8) is 0 Å². The summed E-state index contributed by atoms with van der Waals surface area (Å²) in [7, 11) is 0. The van der Waals surface area contributed by atoms with Gasteiger partial charge in [-0.1, -0.05) is 78.3 Å². The van der Waals surface area contributed by atoms with E-state index < -0.39 is 6.04 Å². The van der Waals surface area contributed by atoms with Crippen LogP contribution in [0.4, 0.5) is 0 Å². The molecule has 3 saturated carbocycles. The van der Waals surface area contributed by atoms with Gasteiger partial charge in [0.1, 0.15) is 12.1 Å². The zero-order chi connectivity index (χ0) is 30.1. The number of nitrogens with one attached hydrogen (secondary N) is 1. The summed E-state index contributed by atoms with van der Waals surface area (Å²) in [4.78, 5) is 24.9. The number of esters is 1. The van der Waals surface area contributed by atoms with Crippen LogP contribution < -0.4 is 5.32 Å². The maximum atomic E-state index is 12.8. The lowest BCUT2D eigenvalue weighted by atomic mass is 9.41. The van der Waals surface area contributed by atoms with Gasteiger partial charge >= 0.3 is 5.97 Å². The summed E-state index contributed by atoms with van der Waals surface area (Å²) >= 11 is 0. The minimum atomic E-state index is -0.578. The fraction of sp³-hybridized carbons (Fsp3) is 0.778. The molecule has 1 aliphatic heterocycles. The van der Waals surface area contributed by atoms with Crippen LogP contribution in [0.5, 0.6) is 0 Å². The summed E-state index contributed by atoms with van der Waals surface area (Å²) in [5, 5.41) is 13.8. The molecule has 11 unspecified atom stereocenters. The number of amides is 1. The van der Waals surface area contributed by atoms with Crippen molar-refractivity contribution in [3.05, 3.63) is 35.5 Å². The Labute approximate surface area is 248 Å². The highest BCUT2D eigenvalue weighted by atomic mass is 16.6. The average Bonchev–Trinajstić information content (AvgIpc) is 3.32. The van der Waals surface area contributed by atoms with Gasteiger partial charge in [-0.15, -0.1) is 0 Å². The predicted octanol–water partition coefficient (Wildman–Crippen LogP) is 7.16. The highest BCUT2D eigenvalue weighted by molar-refractivity contribution is 5.96. The smallest absolute Gasteiger partial charge is 0.329 e. The third-order valence-electron chi connectivity index (χ3n) is 13.7. The summed E-state index contributed by atoms with van der Waals surface area (Å²) in [5.41, 5.74) is 3.02. The van der Waals surface area contributed by atoms with E-state index >= 15 is 0 Å². The number of ether oxygens (including phenoxy) is 1. The standard InChI is InChI=1S/C36H55NO4/c1-21(11-10-12-22(2)31(39)37-30-23(3)24(4)41-32(30)40)25-15-19-36(9)27-13-14-28-33(5,6)29(38)17-18-34(28,7)26(27)16-20-35(25,36)8/h10-12,16,21,23-25,27-30,38H,13-15,17-20H2,1-9H3,(H,37,39). The van der Waals surface area contributed by atoms with Gasteiger partial charge in [-0.2, -0.15) is 0 Å². The van der Waals surface area contributed by atoms with Crippen LogP contribution in [0.15, 0.2) is 35.5 Å². The maximum absolute atomic E-state index is 12.8. The molecule has 228 valence electrons. The van der Waals surface area contributed by atoms with E-state index in [1.165, 1.54) is 25.7 Å². The van der Waals surface area contributed by atoms with Crippen molar-refractivity contribution < 1.29 is 19.4 Å². The second kappa shape index (κ2) is 10.4. The Bertz CT molecular complexity index is 1170. The normalized spacial score (nSPS) is 46.3. The Morgan fingerprint density at radius 3 is 2.44 bits per heavy atom. The topological polar surface area (TPSA) is 75.6 Å². The van der Waals surface area contributed by atoms with Gasteiger partial charge in [0.2, 0.25) is 5.91 Å². The van der Waals surface area contributed by atoms with E-state index in [9.17, 15) is 14.7 Å². The number of allylic oxidation sites excluding steroid dienone is 5. The Balaban J connectivity index is 1.30. The fourth-order valence-corrected chi connectivity index (χ4v) is 10.5. The highest BCUT2D eigenvalue weighted by Crippen LogP contribution is 2.73. The van der Waals surface area contributed by atoms with Gasteiger partial charge in [0, 0.05) is 11.5 Å². The second-order valence-corrected chi connectivity index (χ2v) is 15.9. The van der Waals surface area contributed by atoms with E-state index in [4.69, 9.17) is 4.74 Å². The van der Waals surface area contributed by atoms with Crippen LogP contribution in [-0.2, 0) is 14.3 Å². The van der Waals surface area contributed by atoms with E-state index in [-0.39, 0.29) is 51.7 Å². The average molecular weight is 566 g/mol. The molecule has 0 bridgehead atoms. The number of carbonyl (C=O) groups is 2. The minimum absolute atomic E-state index is 0.0301. The number of aliphatic hydroxyl groups is 1. The molecular formula is C36H55NO4. The van der Waals surface area contributed by atoms with E-state index in [1.807, 2.05) is 32.9 Å². The molecule has 4 fully saturated rings. The molecular weight excluding hydrogens is 510 g/mol. The summed E-state index contributed by atoms with van der Waals surface area (Å²) < 4.78 is 5.27. The third kappa shape index (κ3) is 4.59. The Morgan fingerprint density at radius 2 is 1.78 bits per heavy atom. The van der Waals surface area contributed by atoms with Gasteiger partial charge in [0.25, 0.3) is 0 Å². The summed E-state index contributed by atoms with van der Waals surface area (Å²) in [6, 6.07) is -0.578. The molecule has 2 N–H and O–H groups in total. The Morgan fingerprint density at radius 1 is 1.07 bits per heavy atom. The van der Waals surface area contributed by atoms with Crippen molar-refractivity contribution in [1.29, 1.82) is 0 Å². The molecule has 5 heteroatoms. The molecule has 1 heterocycles. The fourth-order valence-electron chi connectivity index (χ4n) is 10.5. The minimum Gasteiger partial charge on any atom is -0.461 e. The predicted molar refractivity (Wildman–Crippen MR) is 164 cm³/mol. The number of hydrogen-bond donors (Lipinski definition) is 2. The number of hydrogen-bond acceptors (Lipinski definition) is 4. The largest absolute Gasteiger partial charge is 0.461 e. The van der Waals surface area contributed by atoms with Crippen LogP contribution >= 0.6 is 0 Å². The van der Waals surface area contributed by atoms with Crippen LogP contribution in [0.1, 0.15) is 107 Å². The number of carbonyl (C=O) groups excluding carboxylic acids is 2. The van der Waals surface area contributed by atoms with Crippen molar-refractivity contribution in [1.82, 2.24) is 5.32 Å². The molecule has 0 spiro atoms. The molecule has 5 aliphatic rings. The van der Waals surface area contributed by atoms with Gasteiger partial charge < -0.3 is 15.2 Å². The van der Waals surface area contributed by atoms with Crippen molar-refractivity contribution in [3.8, 4) is 0 Å². The summed E-state index contributed by atoms with van der Waals surface area (Å²) in [6.45, 7) is 20.2. The first kappa shape index (κ1) is 30.6. The molecule has 41 heavy (non-hydrogen) atoms. The second-order valence-electron chi connectivity index (χ2n) is 15.9. The molecule has 0 aromatic rings. The van der Waals surface area contributed by atoms with Gasteiger partial charge in [-0.3, -0.25) is 4.79 Å². The van der Waals surface area contributed by atoms with Gasteiger partial charge in [-0.05, 0) is 104 Å². The lowest BCUT2D eigenvalue weighted by Gasteiger charge is -2.64. The van der Waals surface area contributed by atoms with Crippen molar-refractivity contribution in [2.45, 2.75) is 126 Å². The zero-order valence-electron chi connectivity index (χ0n) is 27.0. The van der Waals surface area contributed by atoms with Crippen LogP contribution in [-0.4, -0.2) is 35.2 Å². The van der Waals surface area contributed by atoms with Crippen molar-refractivity contribution >= 4 is 11.9 Å². The lowest BCUT2D eigenvalue weighted by Crippen LogP contribution is -2.57. The number of aliphatic hydroxyl groups excluding tert-OH is 1. The summed E-state index contributed by atoms with van der Waals surface area (Å²) in [5.74, 6) is 1.59. The monoisotopic (exact) mass is 565 g/mol. The molecule has 1 amide bonds. The first-order chi connectivity index (χ1) is 19.1. The Kier molecular flexibility index (Phi) is 7.74. The third-order valence-corrected chi connectivity index (χ3v) is 13.7. The Hall–Kier alpha value is -1.88. The van der Waals surface area contributed by atoms with Crippen molar-refractivity contribution in [2.24, 2.45) is 51.2 Å². The number of rotatable bonds is 5. The van der Waals surface area contributed by atoms with Gasteiger partial charge in [0.05, 0.1) is 6.10 Å². The SMILES string of the molecule is CC(=CC=CC(C)C1CCC2(C)C3CCC4C(C)(CCC(O)C4(C)C)C3=CCC12C)C(=O)NC1C(=O)OC(C)C1C. The van der Waals surface area contributed by atoms with Crippen LogP contribution in [0.2, 0.25) is 0 Å². The molecule has 0 aromatic carbocycles. The molecule has 0 aromatic heterocycles. The highest BCUT2D eigenvalue weighted by Gasteiger charge is 2.65. The summed E-state index contributed by atoms with van der Waals surface area (Å²) in [6.07, 6.45) is 16.6. The van der Waals surface area contributed by atoms with E-state index in [1.54, 1.807) is 5.57 Å². The number of cyclic esters (lactones) is 1. The van der Waals surface area contributed by atoms with Gasteiger partial charge in [-0.25, -0.2) is 4.79 Å². The maximum Gasteiger partial charge on any atom is 0.329 e. The first-order valence-electron chi connectivity index (χ1n) is 16.3. The van der Waals surface area contributed by atoms with Crippen LogP contribution in [0.3, 0.4) is 0 Å². The molecule has 5 nitrogen and oxygen atoms in total. The quantitative estimate of drug-likeness (QED) is 0.161.